The molecule has 0 spiro atoms. The van der Waals surface area contributed by atoms with E-state index < -0.39 is 9.84 Å². The minimum Gasteiger partial charge on any atom is -0.271 e. The van der Waals surface area contributed by atoms with Gasteiger partial charge in [0.25, 0.3) is 0 Å². The highest BCUT2D eigenvalue weighted by molar-refractivity contribution is 7.90. The van der Waals surface area contributed by atoms with Crippen molar-refractivity contribution in [3.8, 4) is 0 Å². The predicted octanol–water partition coefficient (Wildman–Crippen LogP) is 1.23. The zero-order chi connectivity index (χ0) is 14.6. The van der Waals surface area contributed by atoms with Gasteiger partial charge in [0, 0.05) is 24.6 Å². The molecule has 0 aliphatic rings. The lowest BCUT2D eigenvalue weighted by Crippen LogP contribution is -2.29. The summed E-state index contributed by atoms with van der Waals surface area (Å²) in [6.45, 7) is 0. The molecule has 0 amide bonds. The van der Waals surface area contributed by atoms with Crippen LogP contribution in [-0.4, -0.2) is 19.7 Å². The Bertz CT molecular complexity index is 672. The summed E-state index contributed by atoms with van der Waals surface area (Å²) >= 11 is 0. The molecule has 1 unspecified atom stereocenters. The van der Waals surface area contributed by atoms with Crippen molar-refractivity contribution in [2.75, 3.05) is 6.26 Å². The van der Waals surface area contributed by atoms with Crippen molar-refractivity contribution >= 4 is 9.84 Å². The summed E-state index contributed by atoms with van der Waals surface area (Å²) in [6, 6.07) is 12.3. The van der Waals surface area contributed by atoms with Crippen LogP contribution in [-0.2, 0) is 16.3 Å². The second-order valence-electron chi connectivity index (χ2n) is 4.59. The van der Waals surface area contributed by atoms with Crippen LogP contribution in [0.2, 0.25) is 0 Å². The van der Waals surface area contributed by atoms with E-state index in [-0.39, 0.29) is 10.9 Å². The van der Waals surface area contributed by atoms with Crippen LogP contribution in [0, 0.1) is 0 Å². The molecule has 2 aromatic rings. The van der Waals surface area contributed by atoms with Gasteiger partial charge in [-0.05, 0) is 29.8 Å². The minimum absolute atomic E-state index is 0.188. The molecule has 0 fully saturated rings. The molecule has 0 radical (unpaired) electrons. The lowest BCUT2D eigenvalue weighted by Gasteiger charge is -2.16. The molecule has 1 aromatic heterocycles. The van der Waals surface area contributed by atoms with Crippen LogP contribution in [0.5, 0.6) is 0 Å². The fourth-order valence-electron chi connectivity index (χ4n) is 1.96. The summed E-state index contributed by atoms with van der Waals surface area (Å²) in [5.41, 5.74) is 4.42. The Morgan fingerprint density at radius 3 is 2.65 bits per heavy atom. The molecule has 1 atom stereocenters. The van der Waals surface area contributed by atoms with Crippen molar-refractivity contribution in [1.82, 2.24) is 10.4 Å². The third-order valence-corrected chi connectivity index (χ3v) is 4.14. The van der Waals surface area contributed by atoms with Crippen molar-refractivity contribution in [3.05, 3.63) is 59.9 Å². The summed E-state index contributed by atoms with van der Waals surface area (Å²) in [4.78, 5) is 4.54. The van der Waals surface area contributed by atoms with Gasteiger partial charge in [0.05, 0.1) is 10.9 Å². The number of sulfone groups is 1. The lowest BCUT2D eigenvalue weighted by atomic mass is 10.0. The van der Waals surface area contributed by atoms with E-state index in [2.05, 4.69) is 10.4 Å². The molecule has 0 aliphatic heterocycles. The van der Waals surface area contributed by atoms with E-state index in [1.165, 1.54) is 6.26 Å². The average molecular weight is 291 g/mol. The topological polar surface area (TPSA) is 85.1 Å². The maximum atomic E-state index is 11.6. The van der Waals surface area contributed by atoms with Gasteiger partial charge in [-0.15, -0.1) is 0 Å². The van der Waals surface area contributed by atoms with Crippen molar-refractivity contribution in [1.29, 1.82) is 0 Å². The predicted molar refractivity (Wildman–Crippen MR) is 77.6 cm³/mol. The molecule has 3 N–H and O–H groups in total. The Kier molecular flexibility index (Phi) is 4.49. The number of nitrogens with one attached hydrogen (secondary N) is 1. The first-order chi connectivity index (χ1) is 9.50. The van der Waals surface area contributed by atoms with E-state index >= 15 is 0 Å². The fourth-order valence-corrected chi connectivity index (χ4v) is 2.64. The smallest absolute Gasteiger partial charge is 0.175 e. The second kappa shape index (κ2) is 6.13. The molecule has 106 valence electrons. The zero-order valence-corrected chi connectivity index (χ0v) is 12.0. The second-order valence-corrected chi connectivity index (χ2v) is 6.60. The summed E-state index contributed by atoms with van der Waals surface area (Å²) in [5.74, 6) is 5.58. The van der Waals surface area contributed by atoms with Gasteiger partial charge in [-0.25, -0.2) is 8.42 Å². The summed E-state index contributed by atoms with van der Waals surface area (Å²) in [5, 5.41) is 0. The fraction of sp³-hybridized carbons (Fsp3) is 0.214. The van der Waals surface area contributed by atoms with Gasteiger partial charge in [0.15, 0.2) is 9.84 Å². The summed E-state index contributed by atoms with van der Waals surface area (Å²) in [6.07, 6.45) is 3.50. The molecule has 6 heteroatoms. The van der Waals surface area contributed by atoms with Crippen molar-refractivity contribution in [3.63, 3.8) is 0 Å². The molecule has 0 saturated heterocycles. The largest absolute Gasteiger partial charge is 0.271 e. The SMILES string of the molecule is CS(=O)(=O)c1cccc(C(Cc2ccccn2)NN)c1. The summed E-state index contributed by atoms with van der Waals surface area (Å²) < 4.78 is 23.2. The quantitative estimate of drug-likeness (QED) is 0.639. The Morgan fingerprint density at radius 1 is 1.25 bits per heavy atom. The van der Waals surface area contributed by atoms with Crippen LogP contribution >= 0.6 is 0 Å². The Balaban J connectivity index is 2.28. The van der Waals surface area contributed by atoms with Crippen LogP contribution in [0.3, 0.4) is 0 Å². The van der Waals surface area contributed by atoms with Crippen molar-refractivity contribution in [2.45, 2.75) is 17.4 Å². The van der Waals surface area contributed by atoms with Gasteiger partial charge in [0.1, 0.15) is 0 Å². The van der Waals surface area contributed by atoms with E-state index in [1.807, 2.05) is 24.3 Å². The van der Waals surface area contributed by atoms with Gasteiger partial charge in [0.2, 0.25) is 0 Å². The molecule has 2 rings (SSSR count). The first kappa shape index (κ1) is 14.6. The number of benzene rings is 1. The van der Waals surface area contributed by atoms with Gasteiger partial charge in [-0.1, -0.05) is 18.2 Å². The normalized spacial score (nSPS) is 13.1. The van der Waals surface area contributed by atoms with E-state index in [9.17, 15) is 8.42 Å². The van der Waals surface area contributed by atoms with Crippen molar-refractivity contribution in [2.24, 2.45) is 5.84 Å². The van der Waals surface area contributed by atoms with Gasteiger partial charge >= 0.3 is 0 Å². The number of pyridine rings is 1. The first-order valence-electron chi connectivity index (χ1n) is 6.17. The molecule has 0 saturated carbocycles. The number of nitrogens with zero attached hydrogens (tertiary/aromatic N) is 1. The zero-order valence-electron chi connectivity index (χ0n) is 11.2. The molecule has 1 aromatic carbocycles. The molecule has 0 aliphatic carbocycles. The molecule has 5 nitrogen and oxygen atoms in total. The highest BCUT2D eigenvalue weighted by atomic mass is 32.2. The molecule has 0 bridgehead atoms. The van der Waals surface area contributed by atoms with Gasteiger partial charge < -0.3 is 0 Å². The number of hydrogen-bond donors (Lipinski definition) is 2. The number of nitrogens with two attached hydrogens (primary N) is 1. The van der Waals surface area contributed by atoms with Crippen molar-refractivity contribution < 1.29 is 8.42 Å². The third-order valence-electron chi connectivity index (χ3n) is 3.03. The molecular formula is C14H17N3O2S. The Morgan fingerprint density at radius 2 is 2.05 bits per heavy atom. The summed E-state index contributed by atoms with van der Waals surface area (Å²) in [7, 11) is -3.22. The Hall–Kier alpha value is -1.76. The number of hydrogen-bond acceptors (Lipinski definition) is 5. The van der Waals surface area contributed by atoms with Crippen LogP contribution in [0.25, 0.3) is 0 Å². The molecule has 1 heterocycles. The van der Waals surface area contributed by atoms with Crippen LogP contribution in [0.15, 0.2) is 53.6 Å². The van der Waals surface area contributed by atoms with Crippen LogP contribution in [0.1, 0.15) is 17.3 Å². The minimum atomic E-state index is -3.22. The number of rotatable bonds is 5. The highest BCUT2D eigenvalue weighted by Crippen LogP contribution is 2.20. The van der Waals surface area contributed by atoms with Gasteiger partial charge in [-0.2, -0.15) is 0 Å². The molecule has 20 heavy (non-hydrogen) atoms. The van der Waals surface area contributed by atoms with Gasteiger partial charge in [-0.3, -0.25) is 16.3 Å². The maximum Gasteiger partial charge on any atom is 0.175 e. The van der Waals surface area contributed by atoms with E-state index in [0.29, 0.717) is 6.42 Å². The molecular weight excluding hydrogens is 274 g/mol. The number of aromatic nitrogens is 1. The average Bonchev–Trinajstić information content (AvgIpc) is 2.45. The highest BCUT2D eigenvalue weighted by Gasteiger charge is 2.14. The van der Waals surface area contributed by atoms with Crippen LogP contribution in [0.4, 0.5) is 0 Å². The first-order valence-corrected chi connectivity index (χ1v) is 8.06. The third kappa shape index (κ3) is 3.63. The monoisotopic (exact) mass is 291 g/mol. The lowest BCUT2D eigenvalue weighted by molar-refractivity contribution is 0.544. The number of hydrazine groups is 1. The standard InChI is InChI=1S/C14H17N3O2S/c1-20(18,19)13-7-4-5-11(9-13)14(17-15)10-12-6-2-3-8-16-12/h2-9,14,17H,10,15H2,1H3. The van der Waals surface area contributed by atoms with E-state index in [1.54, 1.807) is 24.4 Å². The van der Waals surface area contributed by atoms with Crippen LogP contribution < -0.4 is 11.3 Å². The Labute approximate surface area is 118 Å². The maximum absolute atomic E-state index is 11.6. The van der Waals surface area contributed by atoms with E-state index in [0.717, 1.165) is 11.3 Å². The van der Waals surface area contributed by atoms with E-state index in [4.69, 9.17) is 5.84 Å².